The third-order valence-electron chi connectivity index (χ3n) is 5.88. The molecule has 2 aliphatic heterocycles. The highest BCUT2D eigenvalue weighted by Crippen LogP contribution is 2.33. The Bertz CT molecular complexity index is 526. The summed E-state index contributed by atoms with van der Waals surface area (Å²) >= 11 is 0. The molecule has 3 rings (SSSR count). The van der Waals surface area contributed by atoms with Crippen LogP contribution in [0.1, 0.15) is 51.9 Å². The zero-order valence-electron chi connectivity index (χ0n) is 14.8. The van der Waals surface area contributed by atoms with Gasteiger partial charge in [0, 0.05) is 19.1 Å². The molecule has 142 valence electrons. The number of urea groups is 1. The topological polar surface area (TPSA) is 95.7 Å². The lowest BCUT2D eigenvalue weighted by Gasteiger charge is -2.34. The van der Waals surface area contributed by atoms with Crippen molar-refractivity contribution in [1.29, 1.82) is 0 Å². The summed E-state index contributed by atoms with van der Waals surface area (Å²) in [5, 5.41) is 2.85. The third kappa shape index (κ3) is 3.92. The second-order valence-electron chi connectivity index (χ2n) is 7.54. The van der Waals surface area contributed by atoms with Crippen LogP contribution in [0.15, 0.2) is 0 Å². The van der Waals surface area contributed by atoms with E-state index in [1.807, 2.05) is 6.92 Å². The number of imide groups is 1. The Morgan fingerprint density at radius 1 is 1.24 bits per heavy atom. The minimum absolute atomic E-state index is 0. The van der Waals surface area contributed by atoms with Gasteiger partial charge in [-0.15, -0.1) is 12.4 Å². The lowest BCUT2D eigenvalue weighted by atomic mass is 9.82. The number of carbonyl (C=O) groups excluding carboxylic acids is 3. The second kappa shape index (κ2) is 7.91. The van der Waals surface area contributed by atoms with Crippen LogP contribution in [0.2, 0.25) is 0 Å². The van der Waals surface area contributed by atoms with Gasteiger partial charge in [0.1, 0.15) is 12.1 Å². The Kier molecular flexibility index (Phi) is 6.32. The van der Waals surface area contributed by atoms with Crippen LogP contribution in [0.5, 0.6) is 0 Å². The number of nitrogens with two attached hydrogens (primary N) is 1. The van der Waals surface area contributed by atoms with Crippen molar-refractivity contribution in [3.8, 4) is 0 Å². The smallest absolute Gasteiger partial charge is 0.325 e. The molecule has 25 heavy (non-hydrogen) atoms. The number of piperidine rings is 1. The summed E-state index contributed by atoms with van der Waals surface area (Å²) in [4.78, 5) is 40.3. The maximum Gasteiger partial charge on any atom is 0.325 e. The molecule has 0 aromatic rings. The van der Waals surface area contributed by atoms with Crippen molar-refractivity contribution in [3.05, 3.63) is 0 Å². The molecule has 3 N–H and O–H groups in total. The molecule has 4 amide bonds. The van der Waals surface area contributed by atoms with Gasteiger partial charge in [0.05, 0.1) is 0 Å². The molecule has 2 saturated heterocycles. The molecule has 1 aliphatic carbocycles. The van der Waals surface area contributed by atoms with Crippen molar-refractivity contribution >= 4 is 30.3 Å². The minimum Gasteiger partial charge on any atom is -0.341 e. The van der Waals surface area contributed by atoms with E-state index in [9.17, 15) is 14.4 Å². The molecular weight excluding hydrogens is 344 g/mol. The van der Waals surface area contributed by atoms with Gasteiger partial charge in [-0.05, 0) is 38.5 Å². The van der Waals surface area contributed by atoms with Gasteiger partial charge in [0.15, 0.2) is 0 Å². The molecule has 3 fully saturated rings. The van der Waals surface area contributed by atoms with E-state index in [0.29, 0.717) is 31.8 Å². The summed E-state index contributed by atoms with van der Waals surface area (Å²) in [6.45, 7) is 3.16. The monoisotopic (exact) mass is 372 g/mol. The molecule has 0 aromatic carbocycles. The lowest BCUT2D eigenvalue weighted by Crippen LogP contribution is -2.50. The van der Waals surface area contributed by atoms with Crippen LogP contribution in [-0.2, 0) is 9.59 Å². The molecule has 0 radical (unpaired) electrons. The average Bonchev–Trinajstić information content (AvgIpc) is 2.79. The Labute approximate surface area is 155 Å². The highest BCUT2D eigenvalue weighted by molar-refractivity contribution is 6.09. The van der Waals surface area contributed by atoms with E-state index in [0.717, 1.165) is 37.0 Å². The third-order valence-corrected chi connectivity index (χ3v) is 5.88. The molecule has 8 heteroatoms. The number of likely N-dealkylation sites (tertiary alicyclic amines) is 1. The molecular formula is C17H29ClN4O3. The summed E-state index contributed by atoms with van der Waals surface area (Å²) in [5.41, 5.74) is 5.17. The van der Waals surface area contributed by atoms with Crippen molar-refractivity contribution in [2.45, 2.75) is 63.5 Å². The van der Waals surface area contributed by atoms with Crippen LogP contribution < -0.4 is 11.1 Å². The van der Waals surface area contributed by atoms with Crippen LogP contribution in [0, 0.1) is 5.92 Å². The Balaban J connectivity index is 0.00000225. The minimum atomic E-state index is -0.752. The molecule has 2 heterocycles. The maximum atomic E-state index is 12.7. The average molecular weight is 373 g/mol. The van der Waals surface area contributed by atoms with Gasteiger partial charge in [-0.2, -0.15) is 0 Å². The molecule has 1 atom stereocenters. The van der Waals surface area contributed by atoms with Crippen molar-refractivity contribution in [2.24, 2.45) is 11.7 Å². The van der Waals surface area contributed by atoms with E-state index in [1.165, 1.54) is 0 Å². The van der Waals surface area contributed by atoms with E-state index in [2.05, 4.69) is 5.32 Å². The molecule has 1 spiro atoms. The van der Waals surface area contributed by atoms with E-state index in [-0.39, 0.29) is 36.8 Å². The Morgan fingerprint density at radius 3 is 2.40 bits per heavy atom. The SMILES string of the molecule is CC(N)C1CCN(C(=O)CN2C(=O)NC3(CCCCC3)C2=O)CC1.Cl. The van der Waals surface area contributed by atoms with Crippen molar-refractivity contribution in [3.63, 3.8) is 0 Å². The van der Waals surface area contributed by atoms with E-state index < -0.39 is 11.6 Å². The van der Waals surface area contributed by atoms with Crippen molar-refractivity contribution in [2.75, 3.05) is 19.6 Å². The van der Waals surface area contributed by atoms with Crippen LogP contribution in [0.3, 0.4) is 0 Å². The first kappa shape index (κ1) is 20.0. The van der Waals surface area contributed by atoms with Gasteiger partial charge in [-0.3, -0.25) is 14.5 Å². The summed E-state index contributed by atoms with van der Waals surface area (Å²) in [6.07, 6.45) is 6.11. The molecule has 0 bridgehead atoms. The molecule has 1 saturated carbocycles. The van der Waals surface area contributed by atoms with E-state index >= 15 is 0 Å². The zero-order valence-corrected chi connectivity index (χ0v) is 15.6. The predicted molar refractivity (Wildman–Crippen MR) is 96.3 cm³/mol. The Morgan fingerprint density at radius 2 is 1.84 bits per heavy atom. The molecule has 0 aromatic heterocycles. The number of amides is 4. The highest BCUT2D eigenvalue weighted by Gasteiger charge is 2.51. The summed E-state index contributed by atoms with van der Waals surface area (Å²) < 4.78 is 0. The van der Waals surface area contributed by atoms with Gasteiger partial charge in [0.25, 0.3) is 5.91 Å². The van der Waals surface area contributed by atoms with Crippen molar-refractivity contribution < 1.29 is 14.4 Å². The van der Waals surface area contributed by atoms with E-state index in [1.54, 1.807) is 4.90 Å². The summed E-state index contributed by atoms with van der Waals surface area (Å²) in [5.74, 6) is 0.0803. The number of rotatable bonds is 3. The van der Waals surface area contributed by atoms with E-state index in [4.69, 9.17) is 5.73 Å². The normalized spacial score (nSPS) is 24.9. The standard InChI is InChI=1S/C17H28N4O3.ClH/c1-12(18)13-5-9-20(10-6-13)14(22)11-21-15(23)17(19-16(21)24)7-3-2-4-8-17;/h12-13H,2-11,18H2,1H3,(H,19,24);1H. The van der Waals surface area contributed by atoms with Crippen LogP contribution >= 0.6 is 12.4 Å². The van der Waals surface area contributed by atoms with Crippen LogP contribution in [0.25, 0.3) is 0 Å². The molecule has 1 unspecified atom stereocenters. The fourth-order valence-corrected chi connectivity index (χ4v) is 4.22. The number of halogens is 1. The van der Waals surface area contributed by atoms with Gasteiger partial charge in [0.2, 0.25) is 5.91 Å². The van der Waals surface area contributed by atoms with Gasteiger partial charge in [-0.1, -0.05) is 19.3 Å². The first-order valence-electron chi connectivity index (χ1n) is 9.10. The zero-order chi connectivity index (χ0) is 17.3. The Hall–Kier alpha value is -1.34. The van der Waals surface area contributed by atoms with Gasteiger partial charge < -0.3 is 16.0 Å². The number of nitrogens with one attached hydrogen (secondary N) is 1. The number of hydrogen-bond acceptors (Lipinski definition) is 4. The fraction of sp³-hybridized carbons (Fsp3) is 0.824. The molecule has 7 nitrogen and oxygen atoms in total. The largest absolute Gasteiger partial charge is 0.341 e. The summed E-state index contributed by atoms with van der Waals surface area (Å²) in [7, 11) is 0. The number of carbonyl (C=O) groups is 3. The summed E-state index contributed by atoms with van der Waals surface area (Å²) in [6, 6.07) is -0.278. The maximum absolute atomic E-state index is 12.7. The van der Waals surface area contributed by atoms with Crippen LogP contribution in [-0.4, -0.2) is 58.9 Å². The second-order valence-corrected chi connectivity index (χ2v) is 7.54. The van der Waals surface area contributed by atoms with Gasteiger partial charge >= 0.3 is 6.03 Å². The number of hydrogen-bond donors (Lipinski definition) is 2. The molecule has 3 aliphatic rings. The fourth-order valence-electron chi connectivity index (χ4n) is 4.22. The van der Waals surface area contributed by atoms with Crippen molar-refractivity contribution in [1.82, 2.24) is 15.1 Å². The lowest BCUT2D eigenvalue weighted by molar-refractivity contribution is -0.140. The number of nitrogens with zero attached hydrogens (tertiary/aromatic N) is 2. The first-order valence-corrected chi connectivity index (χ1v) is 9.10. The predicted octanol–water partition coefficient (Wildman–Crippen LogP) is 1.25. The first-order chi connectivity index (χ1) is 11.4. The van der Waals surface area contributed by atoms with Gasteiger partial charge in [-0.25, -0.2) is 4.79 Å². The van der Waals surface area contributed by atoms with Crippen LogP contribution in [0.4, 0.5) is 4.79 Å². The quantitative estimate of drug-likeness (QED) is 0.729. The highest BCUT2D eigenvalue weighted by atomic mass is 35.5.